The van der Waals surface area contributed by atoms with Gasteiger partial charge in [0.1, 0.15) is 5.84 Å². The third kappa shape index (κ3) is 8.07. The summed E-state index contributed by atoms with van der Waals surface area (Å²) >= 11 is 0. The van der Waals surface area contributed by atoms with Crippen LogP contribution in [0.15, 0.2) is 5.16 Å². The van der Waals surface area contributed by atoms with Crippen LogP contribution in [-0.2, 0) is 0 Å². The molecular weight excluding hydrogens is 208 g/mol. The van der Waals surface area contributed by atoms with Crippen molar-refractivity contribution in [2.45, 2.75) is 19.3 Å². The van der Waals surface area contributed by atoms with Gasteiger partial charge in [0.05, 0.1) is 13.2 Å². The van der Waals surface area contributed by atoms with E-state index in [1.165, 1.54) is 4.90 Å². The van der Waals surface area contributed by atoms with Crippen LogP contribution < -0.4 is 5.73 Å². The van der Waals surface area contributed by atoms with E-state index in [1.807, 2.05) is 0 Å². The lowest BCUT2D eigenvalue weighted by Gasteiger charge is -2.20. The summed E-state index contributed by atoms with van der Waals surface area (Å²) in [6.07, 6.45) is -1.55. The minimum Gasteiger partial charge on any atom is -0.409 e. The Morgan fingerprint density at radius 2 is 2.07 bits per heavy atom. The summed E-state index contributed by atoms with van der Waals surface area (Å²) in [5.74, 6) is 0.0796. The summed E-state index contributed by atoms with van der Waals surface area (Å²) in [7, 11) is 0. The molecule has 0 saturated carbocycles. The maximum absolute atomic E-state index is 12.0. The van der Waals surface area contributed by atoms with E-state index < -0.39 is 6.43 Å². The predicted molar refractivity (Wildman–Crippen MR) is 52.2 cm³/mol. The number of halogens is 2. The Morgan fingerprint density at radius 1 is 1.40 bits per heavy atom. The molecule has 0 fully saturated rings. The van der Waals surface area contributed by atoms with Crippen molar-refractivity contribution in [2.75, 3.05) is 26.2 Å². The van der Waals surface area contributed by atoms with E-state index in [1.54, 1.807) is 0 Å². The zero-order valence-corrected chi connectivity index (χ0v) is 8.44. The van der Waals surface area contributed by atoms with Crippen molar-refractivity contribution in [1.82, 2.24) is 4.90 Å². The van der Waals surface area contributed by atoms with E-state index in [0.717, 1.165) is 0 Å². The molecule has 0 radical (unpaired) electrons. The minimum atomic E-state index is -2.42. The number of aliphatic hydroxyl groups is 1. The molecule has 0 amide bonds. The van der Waals surface area contributed by atoms with Crippen LogP contribution in [0.3, 0.4) is 0 Å². The monoisotopic (exact) mass is 225 g/mol. The van der Waals surface area contributed by atoms with Gasteiger partial charge >= 0.3 is 0 Å². The molecule has 0 aromatic rings. The number of amidine groups is 1. The van der Waals surface area contributed by atoms with Gasteiger partial charge in [0.15, 0.2) is 0 Å². The smallest absolute Gasteiger partial charge is 0.251 e. The van der Waals surface area contributed by atoms with Gasteiger partial charge in [0, 0.05) is 13.0 Å². The Bertz CT molecular complexity index is 191. The van der Waals surface area contributed by atoms with Gasteiger partial charge in [-0.15, -0.1) is 0 Å². The van der Waals surface area contributed by atoms with Gasteiger partial charge < -0.3 is 16.0 Å². The standard InChI is InChI=1S/C8H17F2N3O2/c9-7(10)6-13(4-5-14)3-1-2-8(11)12-15/h7,14-15H,1-6H2,(H2,11,12). The van der Waals surface area contributed by atoms with E-state index in [9.17, 15) is 8.78 Å². The van der Waals surface area contributed by atoms with Crippen LogP contribution in [0.4, 0.5) is 8.78 Å². The predicted octanol–water partition coefficient (Wildman–Crippen LogP) is 0.0724. The van der Waals surface area contributed by atoms with E-state index in [4.69, 9.17) is 16.0 Å². The largest absolute Gasteiger partial charge is 0.409 e. The molecule has 0 aliphatic rings. The number of rotatable bonds is 8. The molecule has 15 heavy (non-hydrogen) atoms. The number of oxime groups is 1. The zero-order chi connectivity index (χ0) is 11.7. The van der Waals surface area contributed by atoms with Gasteiger partial charge in [0.2, 0.25) is 0 Å². The average molecular weight is 225 g/mol. The van der Waals surface area contributed by atoms with E-state index in [0.29, 0.717) is 19.4 Å². The van der Waals surface area contributed by atoms with E-state index in [-0.39, 0.29) is 25.5 Å². The van der Waals surface area contributed by atoms with E-state index >= 15 is 0 Å². The topological polar surface area (TPSA) is 82.1 Å². The highest BCUT2D eigenvalue weighted by atomic mass is 19.3. The van der Waals surface area contributed by atoms with Crippen LogP contribution >= 0.6 is 0 Å². The summed E-state index contributed by atoms with van der Waals surface area (Å²) in [5, 5.41) is 19.6. The maximum Gasteiger partial charge on any atom is 0.251 e. The van der Waals surface area contributed by atoms with Crippen molar-refractivity contribution in [2.24, 2.45) is 10.9 Å². The first-order valence-electron chi connectivity index (χ1n) is 4.68. The Balaban J connectivity index is 3.75. The molecule has 0 bridgehead atoms. The van der Waals surface area contributed by atoms with Crippen molar-refractivity contribution >= 4 is 5.84 Å². The summed E-state index contributed by atoms with van der Waals surface area (Å²) in [6, 6.07) is 0. The molecule has 0 spiro atoms. The van der Waals surface area contributed by atoms with Gasteiger partial charge in [-0.3, -0.25) is 4.90 Å². The molecule has 0 aliphatic carbocycles. The summed E-state index contributed by atoms with van der Waals surface area (Å²) < 4.78 is 24.1. The van der Waals surface area contributed by atoms with Crippen molar-refractivity contribution in [3.8, 4) is 0 Å². The zero-order valence-electron chi connectivity index (χ0n) is 8.44. The fraction of sp³-hybridized carbons (Fsp3) is 0.875. The third-order valence-corrected chi connectivity index (χ3v) is 1.85. The molecule has 0 unspecified atom stereocenters. The first-order valence-corrected chi connectivity index (χ1v) is 4.68. The van der Waals surface area contributed by atoms with Crippen LogP contribution in [0, 0.1) is 0 Å². The van der Waals surface area contributed by atoms with Gasteiger partial charge in [0.25, 0.3) is 6.43 Å². The number of hydrogen-bond acceptors (Lipinski definition) is 4. The molecule has 0 heterocycles. The molecule has 0 aromatic carbocycles. The third-order valence-electron chi connectivity index (χ3n) is 1.85. The quantitative estimate of drug-likeness (QED) is 0.236. The van der Waals surface area contributed by atoms with Crippen molar-refractivity contribution in [1.29, 1.82) is 0 Å². The SMILES string of the molecule is NC(CCCN(CCO)CC(F)F)=NO. The molecule has 0 aliphatic heterocycles. The van der Waals surface area contributed by atoms with Crippen molar-refractivity contribution < 1.29 is 19.1 Å². The maximum atomic E-state index is 12.0. The molecular formula is C8H17F2N3O2. The first-order chi connectivity index (χ1) is 7.10. The highest BCUT2D eigenvalue weighted by Gasteiger charge is 2.11. The first kappa shape index (κ1) is 14.1. The number of nitrogens with two attached hydrogens (primary N) is 1. The molecule has 90 valence electrons. The number of hydrogen-bond donors (Lipinski definition) is 3. The van der Waals surface area contributed by atoms with Crippen LogP contribution in [0.5, 0.6) is 0 Å². The number of alkyl halides is 2. The van der Waals surface area contributed by atoms with Crippen molar-refractivity contribution in [3.63, 3.8) is 0 Å². The Morgan fingerprint density at radius 3 is 2.53 bits per heavy atom. The highest BCUT2D eigenvalue weighted by molar-refractivity contribution is 5.79. The number of nitrogens with zero attached hydrogens (tertiary/aromatic N) is 2. The summed E-state index contributed by atoms with van der Waals surface area (Å²) in [5.41, 5.74) is 5.22. The molecule has 0 saturated heterocycles. The van der Waals surface area contributed by atoms with Gasteiger partial charge in [-0.1, -0.05) is 5.16 Å². The second-order valence-corrected chi connectivity index (χ2v) is 3.11. The van der Waals surface area contributed by atoms with E-state index in [2.05, 4.69) is 5.16 Å². The van der Waals surface area contributed by atoms with Gasteiger partial charge in [-0.2, -0.15) is 0 Å². The highest BCUT2D eigenvalue weighted by Crippen LogP contribution is 2.00. The lowest BCUT2D eigenvalue weighted by Crippen LogP contribution is -2.33. The van der Waals surface area contributed by atoms with Crippen LogP contribution in [0.2, 0.25) is 0 Å². The minimum absolute atomic E-state index is 0.0796. The molecule has 5 nitrogen and oxygen atoms in total. The van der Waals surface area contributed by atoms with Gasteiger partial charge in [-0.05, 0) is 13.0 Å². The lowest BCUT2D eigenvalue weighted by molar-refractivity contribution is 0.0780. The molecule has 0 atom stereocenters. The summed E-state index contributed by atoms with van der Waals surface area (Å²) in [4.78, 5) is 1.44. The fourth-order valence-corrected chi connectivity index (χ4v) is 1.16. The van der Waals surface area contributed by atoms with Crippen molar-refractivity contribution in [3.05, 3.63) is 0 Å². The second-order valence-electron chi connectivity index (χ2n) is 3.11. The van der Waals surface area contributed by atoms with Gasteiger partial charge in [-0.25, -0.2) is 8.78 Å². The Labute approximate surface area is 87.2 Å². The lowest BCUT2D eigenvalue weighted by atomic mass is 10.2. The molecule has 4 N–H and O–H groups in total. The summed E-state index contributed by atoms with van der Waals surface area (Å²) in [6.45, 7) is 0.0780. The molecule has 0 aromatic heterocycles. The molecule has 7 heteroatoms. The van der Waals surface area contributed by atoms with Crippen LogP contribution in [-0.4, -0.2) is 53.7 Å². The Kier molecular flexibility index (Phi) is 7.84. The number of aliphatic hydroxyl groups excluding tert-OH is 1. The molecule has 0 rings (SSSR count). The average Bonchev–Trinajstić information content (AvgIpc) is 2.16. The fourth-order valence-electron chi connectivity index (χ4n) is 1.16. The second kappa shape index (κ2) is 8.37. The van der Waals surface area contributed by atoms with Crippen LogP contribution in [0.1, 0.15) is 12.8 Å². The Hall–Kier alpha value is -0.950. The van der Waals surface area contributed by atoms with Crippen LogP contribution in [0.25, 0.3) is 0 Å². The normalized spacial score (nSPS) is 12.7.